The molecule has 109 heavy (non-hydrogen) atoms. The maximum absolute atomic E-state index is 13.2. The summed E-state index contributed by atoms with van der Waals surface area (Å²) in [6.45, 7) is 17.2. The number of rotatable bonds is 13. The van der Waals surface area contributed by atoms with E-state index in [0.29, 0.717) is 48.2 Å². The standard InChI is InChI=1S/C20H11F2N2.C16H9N2O.2C15H11N2.4C5H12O2.4Ir/c21-15-9-5-13(6-10-15)19-20(14-7-11-16(22)12-8-14)24-18-4-2-1-3-17(18)23-19;1-2-6-11(7-3-1)14-16-15(18-10-17-14)12-8-4-5-9-13(12)19-16;1-11-15(12-7-3-2-4-8-12)17-14-10-6-5-9-13(14)16-11;1-11-13-9-5-6-10-14(13)15(17-16-11)12-7-3-2-4-8-12;4*1-4(6)3-5(2)7;;;;/h1-7,9-12H;1-6,8-10H;2*2-7,9-10H,1H3;4*4-7H,3H2,1-2H3;;;;/q4*-1;;;;;;;;. The van der Waals surface area contributed by atoms with Crippen molar-refractivity contribution in [1.82, 2.24) is 40.1 Å². The van der Waals surface area contributed by atoms with Crippen LogP contribution in [0, 0.1) is 49.7 Å². The van der Waals surface area contributed by atoms with E-state index in [1.54, 1.807) is 79.9 Å². The quantitative estimate of drug-likeness (QED) is 0.0498. The average molecular weight is 2190 g/mol. The van der Waals surface area contributed by atoms with Gasteiger partial charge in [0.05, 0.1) is 82.3 Å². The Labute approximate surface area is 689 Å². The summed E-state index contributed by atoms with van der Waals surface area (Å²) in [5, 5.41) is 80.3. The number of halogens is 2. The van der Waals surface area contributed by atoms with Crippen LogP contribution in [0.3, 0.4) is 0 Å². The van der Waals surface area contributed by atoms with E-state index >= 15 is 0 Å². The van der Waals surface area contributed by atoms with Gasteiger partial charge < -0.3 is 45.3 Å². The topological polar surface area (TPSA) is 278 Å². The summed E-state index contributed by atoms with van der Waals surface area (Å²) in [5.41, 5.74) is 15.6. The van der Waals surface area contributed by atoms with E-state index in [2.05, 4.69) is 76.5 Å². The van der Waals surface area contributed by atoms with E-state index in [4.69, 9.17) is 45.3 Å². The average Bonchev–Trinajstić information content (AvgIpc) is 1.70. The number of furan rings is 1. The Morgan fingerprint density at radius 3 is 1.15 bits per heavy atom. The molecule has 0 saturated carbocycles. The molecule has 0 aliphatic carbocycles. The Hall–Kier alpha value is -7.98. The van der Waals surface area contributed by atoms with Crippen molar-refractivity contribution in [3.05, 3.63) is 266 Å². The van der Waals surface area contributed by atoms with Crippen molar-refractivity contribution in [2.24, 2.45) is 0 Å². The van der Waals surface area contributed by atoms with Crippen molar-refractivity contribution in [1.29, 1.82) is 0 Å². The molecule has 0 aliphatic rings. The second-order valence-corrected chi connectivity index (χ2v) is 25.2. The van der Waals surface area contributed by atoms with Gasteiger partial charge >= 0.3 is 0 Å². The molecule has 8 N–H and O–H groups in total. The number of aliphatic hydroxyl groups is 8. The Morgan fingerprint density at radius 1 is 0.339 bits per heavy atom. The van der Waals surface area contributed by atoms with Crippen molar-refractivity contribution in [3.63, 3.8) is 0 Å². The van der Waals surface area contributed by atoms with Gasteiger partial charge in [0.25, 0.3) is 0 Å². The molecule has 0 amide bonds. The molecule has 8 atom stereocenters. The number of fused-ring (bicyclic) bond motifs is 6. The van der Waals surface area contributed by atoms with Gasteiger partial charge in [0.2, 0.25) is 0 Å². The largest absolute Gasteiger partial charge is 0.462 e. The summed E-state index contributed by atoms with van der Waals surface area (Å²) in [4.78, 5) is 27.2. The van der Waals surface area contributed by atoms with E-state index < -0.39 is 0 Å². The molecule has 14 aromatic rings. The molecule has 17 nitrogen and oxygen atoms in total. The van der Waals surface area contributed by atoms with Crippen LogP contribution in [0.1, 0.15) is 92.5 Å². The first-order valence-corrected chi connectivity index (χ1v) is 34.5. The van der Waals surface area contributed by atoms with Gasteiger partial charge in [-0.25, -0.2) is 14.5 Å². The molecule has 0 aliphatic heterocycles. The number of aliphatic hydroxyl groups excluding tert-OH is 8. The molecule has 5 heterocycles. The Morgan fingerprint density at radius 2 is 0.716 bits per heavy atom. The van der Waals surface area contributed by atoms with Gasteiger partial charge in [0.15, 0.2) is 0 Å². The van der Waals surface area contributed by atoms with Crippen LogP contribution in [-0.2, 0) is 80.4 Å². The van der Waals surface area contributed by atoms with Crippen LogP contribution < -0.4 is 0 Å². The molecule has 4 radical (unpaired) electrons. The van der Waals surface area contributed by atoms with E-state index in [0.717, 1.165) is 100 Å². The van der Waals surface area contributed by atoms with Crippen LogP contribution in [0.5, 0.6) is 0 Å². The first-order valence-electron chi connectivity index (χ1n) is 34.5. The normalized spacial score (nSPS) is 12.5. The molecule has 582 valence electrons. The fourth-order valence-electron chi connectivity index (χ4n) is 10.6. The monoisotopic (exact) mass is 2190 g/mol. The SMILES string of the molecule is CC(O)CC(C)O.CC(O)CC(C)O.CC(O)CC(C)O.CC(O)CC(C)O.Cc1nc2ccccc2nc1-c1[c-]cccc1.Cc1nnc(-c2[c-]cccc2)c2ccccc12.Fc1c[c-]c(-c2nc3ccccc3nc2-c2ccc(F)cc2)cc1.[Ir].[Ir].[Ir].[Ir].[c-]1ccccc1-c1ncnc2c1oc1ccccc12. The zero-order valence-electron chi connectivity index (χ0n) is 61.9. The molecule has 8 unspecified atom stereocenters. The number of nitrogens with zero attached hydrogens (tertiary/aromatic N) is 8. The summed E-state index contributed by atoms with van der Waals surface area (Å²) < 4.78 is 32.3. The van der Waals surface area contributed by atoms with Crippen molar-refractivity contribution < 1.29 is 134 Å². The van der Waals surface area contributed by atoms with Crippen molar-refractivity contribution in [2.75, 3.05) is 0 Å². The smallest absolute Gasteiger partial charge is 0.138 e. The number of hydrogen-bond acceptors (Lipinski definition) is 17. The van der Waals surface area contributed by atoms with Gasteiger partial charge in [-0.2, -0.15) is 5.10 Å². The van der Waals surface area contributed by atoms with E-state index in [9.17, 15) is 8.78 Å². The first-order chi connectivity index (χ1) is 50.3. The van der Waals surface area contributed by atoms with Crippen LogP contribution in [-0.4, -0.2) is 130 Å². The molecular formula is C86H90F2Ir4N8O9-4. The maximum atomic E-state index is 13.2. The molecule has 14 rings (SSSR count). The van der Waals surface area contributed by atoms with Gasteiger partial charge in [-0.3, -0.25) is 29.3 Å². The fourth-order valence-corrected chi connectivity index (χ4v) is 10.6. The minimum atomic E-state index is -0.375. The van der Waals surface area contributed by atoms with Crippen molar-refractivity contribution in [3.8, 4) is 56.3 Å². The number of hydrogen-bond donors (Lipinski definition) is 8. The summed E-state index contributed by atoms with van der Waals surface area (Å²) in [7, 11) is 0. The van der Waals surface area contributed by atoms with E-state index in [1.807, 2.05) is 172 Å². The van der Waals surface area contributed by atoms with E-state index in [-0.39, 0.29) is 141 Å². The Balaban J connectivity index is 0.000000336. The molecular weight excluding hydrogens is 2100 g/mol. The number of aryl methyl sites for hydroxylation is 2. The third-order valence-electron chi connectivity index (χ3n) is 15.1. The predicted molar refractivity (Wildman–Crippen MR) is 412 cm³/mol. The van der Waals surface area contributed by atoms with Gasteiger partial charge in [-0.15, -0.1) is 138 Å². The Bertz CT molecular complexity index is 4740. The van der Waals surface area contributed by atoms with Gasteiger partial charge in [-0.1, -0.05) is 72.8 Å². The number of para-hydroxylation sites is 5. The minimum absolute atomic E-state index is 0. The summed E-state index contributed by atoms with van der Waals surface area (Å²) in [6, 6.07) is 77.6. The zero-order valence-corrected chi connectivity index (χ0v) is 71.5. The van der Waals surface area contributed by atoms with Gasteiger partial charge in [0, 0.05) is 120 Å². The first kappa shape index (κ1) is 95.2. The van der Waals surface area contributed by atoms with Crippen molar-refractivity contribution in [2.45, 2.75) is 144 Å². The van der Waals surface area contributed by atoms with E-state index in [1.165, 1.54) is 24.3 Å². The van der Waals surface area contributed by atoms with Gasteiger partial charge in [0.1, 0.15) is 28.8 Å². The molecule has 9 aromatic carbocycles. The molecule has 0 spiro atoms. The summed E-state index contributed by atoms with van der Waals surface area (Å²) >= 11 is 0. The van der Waals surface area contributed by atoms with Crippen LogP contribution in [0.25, 0.3) is 111 Å². The minimum Gasteiger partial charge on any atom is -0.462 e. The third kappa shape index (κ3) is 31.4. The number of aromatic nitrogens is 8. The number of benzene rings is 9. The molecule has 0 fully saturated rings. The molecule has 23 heteroatoms. The molecule has 0 saturated heterocycles. The predicted octanol–water partition coefficient (Wildman–Crippen LogP) is 16.2. The van der Waals surface area contributed by atoms with Crippen LogP contribution in [0.4, 0.5) is 8.78 Å². The second kappa shape index (κ2) is 49.3. The molecule has 0 bridgehead atoms. The third-order valence-corrected chi connectivity index (χ3v) is 15.1. The zero-order chi connectivity index (χ0) is 76.0. The van der Waals surface area contributed by atoms with Crippen molar-refractivity contribution >= 4 is 54.9 Å². The van der Waals surface area contributed by atoms with Crippen LogP contribution >= 0.6 is 0 Å². The fraction of sp³-hybridized carbons (Fsp3) is 0.256. The Kier molecular flexibility index (Phi) is 43.1. The maximum Gasteiger partial charge on any atom is 0.138 e. The molecule has 5 aromatic heterocycles. The second-order valence-electron chi connectivity index (χ2n) is 25.2. The summed E-state index contributed by atoms with van der Waals surface area (Å²) in [6.07, 6.45) is 0.459. The summed E-state index contributed by atoms with van der Waals surface area (Å²) in [5.74, 6) is -0.682. The van der Waals surface area contributed by atoms with Crippen LogP contribution in [0.15, 0.2) is 223 Å². The van der Waals surface area contributed by atoms with Crippen LogP contribution in [0.2, 0.25) is 0 Å². The van der Waals surface area contributed by atoms with Gasteiger partial charge in [-0.05, 0) is 160 Å².